The van der Waals surface area contributed by atoms with Gasteiger partial charge in [0.25, 0.3) is 0 Å². The fourth-order valence-electron chi connectivity index (χ4n) is 1.42. The number of aromatic nitrogens is 1. The molecule has 94 valence electrons. The second-order valence-electron chi connectivity index (χ2n) is 3.60. The summed E-state index contributed by atoms with van der Waals surface area (Å²) in [6.07, 6.45) is 1.64. The van der Waals surface area contributed by atoms with Gasteiger partial charge in [0.15, 0.2) is 0 Å². The van der Waals surface area contributed by atoms with Crippen molar-refractivity contribution in [3.8, 4) is 5.75 Å². The fraction of sp³-hybridized carbons (Fsp3) is 0.0833. The van der Waals surface area contributed by atoms with E-state index in [0.29, 0.717) is 16.2 Å². The van der Waals surface area contributed by atoms with Crippen LogP contribution in [-0.2, 0) is 6.54 Å². The molecule has 0 amide bonds. The molecule has 1 heterocycles. The summed E-state index contributed by atoms with van der Waals surface area (Å²) in [6, 6.07) is 7.35. The maximum Gasteiger partial charge on any atom is 0.143 e. The molecule has 2 N–H and O–H groups in total. The third-order valence-electron chi connectivity index (χ3n) is 2.35. The molecular weight excluding hydrogens is 383 g/mol. The minimum atomic E-state index is 0.242. The summed E-state index contributed by atoms with van der Waals surface area (Å²) in [5.74, 6) is 0.242. The summed E-state index contributed by atoms with van der Waals surface area (Å²) in [5, 5.41) is 13.4. The van der Waals surface area contributed by atoms with Gasteiger partial charge in [-0.2, -0.15) is 0 Å². The predicted molar refractivity (Wildman–Crippen MR) is 80.1 cm³/mol. The number of aromatic hydroxyl groups is 1. The van der Waals surface area contributed by atoms with Crippen LogP contribution in [0.3, 0.4) is 0 Å². The monoisotopic (exact) mass is 390 g/mol. The number of hydrogen-bond acceptors (Lipinski definition) is 3. The molecule has 0 spiro atoms. The lowest BCUT2D eigenvalue weighted by Gasteiger charge is -2.09. The van der Waals surface area contributed by atoms with E-state index in [-0.39, 0.29) is 5.75 Å². The molecule has 0 fully saturated rings. The molecule has 0 unspecified atom stereocenters. The number of nitrogens with zero attached hydrogens (tertiary/aromatic N) is 1. The van der Waals surface area contributed by atoms with Crippen LogP contribution in [-0.4, -0.2) is 10.1 Å². The molecule has 1 aromatic carbocycles. The van der Waals surface area contributed by atoms with Crippen molar-refractivity contribution < 1.29 is 5.11 Å². The van der Waals surface area contributed by atoms with E-state index in [2.05, 4.69) is 42.2 Å². The van der Waals surface area contributed by atoms with Crippen molar-refractivity contribution in [1.29, 1.82) is 0 Å². The molecule has 0 aliphatic heterocycles. The molecule has 0 bridgehead atoms. The molecule has 2 aromatic rings. The van der Waals surface area contributed by atoms with Crippen molar-refractivity contribution in [2.45, 2.75) is 6.54 Å². The van der Waals surface area contributed by atoms with Crippen molar-refractivity contribution in [3.05, 3.63) is 50.1 Å². The van der Waals surface area contributed by atoms with Crippen molar-refractivity contribution in [1.82, 2.24) is 4.98 Å². The highest BCUT2D eigenvalue weighted by Gasteiger charge is 2.05. The second kappa shape index (κ2) is 5.91. The maximum atomic E-state index is 9.84. The molecule has 18 heavy (non-hydrogen) atoms. The predicted octanol–water partition coefficient (Wildman–Crippen LogP) is 4.58. The third-order valence-corrected chi connectivity index (χ3v) is 4.12. The highest BCUT2D eigenvalue weighted by Crippen LogP contribution is 2.28. The highest BCUT2D eigenvalue weighted by atomic mass is 79.9. The number of nitrogens with one attached hydrogen (secondary N) is 1. The van der Waals surface area contributed by atoms with Gasteiger partial charge < -0.3 is 10.4 Å². The van der Waals surface area contributed by atoms with Crippen LogP contribution in [0.5, 0.6) is 5.75 Å². The Kier molecular flexibility index (Phi) is 4.48. The first-order valence-electron chi connectivity index (χ1n) is 5.09. The zero-order valence-electron chi connectivity index (χ0n) is 9.12. The van der Waals surface area contributed by atoms with Crippen LogP contribution in [0.1, 0.15) is 5.56 Å². The van der Waals surface area contributed by atoms with E-state index in [1.165, 1.54) is 0 Å². The van der Waals surface area contributed by atoms with E-state index in [1.807, 2.05) is 18.2 Å². The Bertz CT molecular complexity index is 578. The number of pyridine rings is 1. The van der Waals surface area contributed by atoms with Gasteiger partial charge in [0, 0.05) is 12.1 Å². The lowest BCUT2D eigenvalue weighted by atomic mass is 10.2. The van der Waals surface area contributed by atoms with Gasteiger partial charge in [-0.25, -0.2) is 4.98 Å². The van der Waals surface area contributed by atoms with Crippen LogP contribution in [0.25, 0.3) is 0 Å². The normalized spacial score (nSPS) is 10.4. The van der Waals surface area contributed by atoms with Crippen LogP contribution < -0.4 is 5.32 Å². The smallest absolute Gasteiger partial charge is 0.143 e. The minimum Gasteiger partial charge on any atom is -0.506 e. The molecule has 0 saturated carbocycles. The lowest BCUT2D eigenvalue weighted by Crippen LogP contribution is -2.00. The van der Waals surface area contributed by atoms with E-state index in [0.717, 1.165) is 15.7 Å². The molecule has 0 aliphatic rings. The van der Waals surface area contributed by atoms with Crippen LogP contribution >= 0.6 is 43.5 Å². The summed E-state index contributed by atoms with van der Waals surface area (Å²) >= 11 is 12.4. The zero-order chi connectivity index (χ0) is 13.1. The van der Waals surface area contributed by atoms with E-state index >= 15 is 0 Å². The summed E-state index contributed by atoms with van der Waals surface area (Å²) in [7, 11) is 0. The Morgan fingerprint density at radius 3 is 2.78 bits per heavy atom. The zero-order valence-corrected chi connectivity index (χ0v) is 13.1. The number of rotatable bonds is 3. The summed E-state index contributed by atoms with van der Waals surface area (Å²) < 4.78 is 1.41. The Morgan fingerprint density at radius 1 is 1.28 bits per heavy atom. The number of hydrogen-bond donors (Lipinski definition) is 2. The molecule has 2 rings (SSSR count). The number of phenolic OH excluding ortho intramolecular Hbond substituents is 1. The standard InChI is InChI=1S/C12H9Br2ClN2O/c13-9-3-1-2-7(11(9)18)5-16-8-4-10(14)12(15)17-6-8/h1-4,6,16,18H,5H2. The molecule has 3 nitrogen and oxygen atoms in total. The van der Waals surface area contributed by atoms with Crippen LogP contribution in [0.2, 0.25) is 5.15 Å². The Hall–Kier alpha value is -0.780. The molecular formula is C12H9Br2ClN2O. The van der Waals surface area contributed by atoms with Gasteiger partial charge in [0.2, 0.25) is 0 Å². The Balaban J connectivity index is 2.11. The SMILES string of the molecule is Oc1c(Br)cccc1CNc1cnc(Cl)c(Br)c1. The molecule has 0 aliphatic carbocycles. The van der Waals surface area contributed by atoms with Gasteiger partial charge in [0.05, 0.1) is 20.8 Å². The summed E-state index contributed by atoms with van der Waals surface area (Å²) in [6.45, 7) is 0.501. The first kappa shape index (κ1) is 13.6. The van der Waals surface area contributed by atoms with Gasteiger partial charge in [-0.3, -0.25) is 0 Å². The second-order valence-corrected chi connectivity index (χ2v) is 5.66. The largest absolute Gasteiger partial charge is 0.506 e. The summed E-state index contributed by atoms with van der Waals surface area (Å²) in [5.41, 5.74) is 1.63. The number of benzene rings is 1. The van der Waals surface area contributed by atoms with Gasteiger partial charge >= 0.3 is 0 Å². The highest BCUT2D eigenvalue weighted by molar-refractivity contribution is 9.10. The van der Waals surface area contributed by atoms with E-state index in [1.54, 1.807) is 12.3 Å². The van der Waals surface area contributed by atoms with Crippen molar-refractivity contribution in [3.63, 3.8) is 0 Å². The van der Waals surface area contributed by atoms with Crippen LogP contribution in [0.4, 0.5) is 5.69 Å². The van der Waals surface area contributed by atoms with Gasteiger partial charge in [0.1, 0.15) is 10.9 Å². The summed E-state index contributed by atoms with van der Waals surface area (Å²) in [4.78, 5) is 4.02. The van der Waals surface area contributed by atoms with Crippen molar-refractivity contribution in [2.75, 3.05) is 5.32 Å². The Morgan fingerprint density at radius 2 is 2.06 bits per heavy atom. The van der Waals surface area contributed by atoms with Crippen molar-refractivity contribution in [2.24, 2.45) is 0 Å². The van der Waals surface area contributed by atoms with E-state index in [9.17, 15) is 5.11 Å². The number of para-hydroxylation sites is 1. The first-order valence-corrected chi connectivity index (χ1v) is 7.05. The number of anilines is 1. The molecule has 0 radical (unpaired) electrons. The van der Waals surface area contributed by atoms with Crippen LogP contribution in [0, 0.1) is 0 Å². The van der Waals surface area contributed by atoms with Crippen molar-refractivity contribution >= 4 is 49.1 Å². The van der Waals surface area contributed by atoms with E-state index < -0.39 is 0 Å². The molecule has 0 atom stereocenters. The van der Waals surface area contributed by atoms with Crippen LogP contribution in [0.15, 0.2) is 39.4 Å². The molecule has 1 aromatic heterocycles. The average Bonchev–Trinajstić information content (AvgIpc) is 2.35. The fourth-order valence-corrected chi connectivity index (χ4v) is 2.28. The third kappa shape index (κ3) is 3.16. The Labute approximate surface area is 126 Å². The van der Waals surface area contributed by atoms with Gasteiger partial charge in [-0.1, -0.05) is 23.7 Å². The number of halogens is 3. The molecule has 0 saturated heterocycles. The quantitative estimate of drug-likeness (QED) is 0.752. The minimum absolute atomic E-state index is 0.242. The topological polar surface area (TPSA) is 45.1 Å². The average molecular weight is 392 g/mol. The van der Waals surface area contributed by atoms with E-state index in [4.69, 9.17) is 11.6 Å². The maximum absolute atomic E-state index is 9.84. The lowest BCUT2D eigenvalue weighted by molar-refractivity contribution is 0.465. The number of phenols is 1. The molecule has 6 heteroatoms. The van der Waals surface area contributed by atoms with Gasteiger partial charge in [-0.15, -0.1) is 0 Å². The first-order chi connectivity index (χ1) is 8.58. The van der Waals surface area contributed by atoms with Gasteiger partial charge in [-0.05, 0) is 44.0 Å².